The molecule has 0 fully saturated rings. The Hall–Kier alpha value is -2.44. The third-order valence-electron chi connectivity index (χ3n) is 3.93. The molecule has 6 nitrogen and oxygen atoms in total. The average Bonchev–Trinajstić information content (AvgIpc) is 2.62. The van der Waals surface area contributed by atoms with Gasteiger partial charge in [-0.05, 0) is 38.1 Å². The zero-order valence-electron chi connectivity index (χ0n) is 14.7. The summed E-state index contributed by atoms with van der Waals surface area (Å²) in [7, 11) is 0. The molecule has 1 aliphatic heterocycles. The molecule has 1 heterocycles. The highest BCUT2D eigenvalue weighted by atomic mass is 35.5. The summed E-state index contributed by atoms with van der Waals surface area (Å²) in [6.07, 6.45) is 0.485. The lowest BCUT2D eigenvalue weighted by Crippen LogP contribution is -2.20. The van der Waals surface area contributed by atoms with Crippen LogP contribution in [0.15, 0.2) is 36.0 Å². The van der Waals surface area contributed by atoms with E-state index in [1.807, 2.05) is 13.8 Å². The van der Waals surface area contributed by atoms with Crippen LogP contribution in [0, 0.1) is 10.1 Å². The predicted octanol–water partition coefficient (Wildman–Crippen LogP) is 5.54. The number of nitrogens with zero attached hydrogens (tertiary/aromatic N) is 1. The molecule has 0 saturated carbocycles. The number of ether oxygens (including phenoxy) is 3. The molecule has 0 spiro atoms. The van der Waals surface area contributed by atoms with Gasteiger partial charge in [0.1, 0.15) is 5.75 Å². The second kappa shape index (κ2) is 8.06. The molecule has 0 aromatic heterocycles. The van der Waals surface area contributed by atoms with E-state index < -0.39 is 11.0 Å². The van der Waals surface area contributed by atoms with Gasteiger partial charge in [0.15, 0.2) is 11.5 Å². The molecule has 142 valence electrons. The summed E-state index contributed by atoms with van der Waals surface area (Å²) in [5.41, 5.74) is 0.903. The summed E-state index contributed by atoms with van der Waals surface area (Å²) in [5.74, 6) is 1.41. The number of rotatable bonds is 6. The van der Waals surface area contributed by atoms with Crippen molar-refractivity contribution in [3.8, 4) is 17.2 Å². The minimum Gasteiger partial charge on any atom is -0.490 e. The van der Waals surface area contributed by atoms with Crippen LogP contribution in [0.25, 0.3) is 6.08 Å². The van der Waals surface area contributed by atoms with E-state index in [4.69, 9.17) is 37.4 Å². The van der Waals surface area contributed by atoms with E-state index in [9.17, 15) is 10.1 Å². The summed E-state index contributed by atoms with van der Waals surface area (Å²) in [6, 6.07) is 8.22. The van der Waals surface area contributed by atoms with Crippen molar-refractivity contribution in [2.24, 2.45) is 0 Å². The molecule has 1 aliphatic rings. The summed E-state index contributed by atoms with van der Waals surface area (Å²) in [5, 5.41) is 12.3. The van der Waals surface area contributed by atoms with Crippen molar-refractivity contribution >= 4 is 29.3 Å². The standard InChI is InChI=1S/C19H17Cl2NO5/c1-3-25-16-6-5-11(9-17(16)26-4-2)19-15(22(23)24)8-12-7-13(20)10-14(21)18(12)27-19/h5-10,19H,3-4H2,1-2H3/t19-/m1/s1. The van der Waals surface area contributed by atoms with Crippen molar-refractivity contribution < 1.29 is 19.1 Å². The number of fused-ring (bicyclic) bond motifs is 1. The third-order valence-corrected chi connectivity index (χ3v) is 4.42. The van der Waals surface area contributed by atoms with Gasteiger partial charge in [-0.1, -0.05) is 29.3 Å². The number of hydrogen-bond donors (Lipinski definition) is 0. The van der Waals surface area contributed by atoms with Crippen molar-refractivity contribution in [3.63, 3.8) is 0 Å². The molecule has 0 N–H and O–H groups in total. The van der Waals surface area contributed by atoms with Gasteiger partial charge in [0, 0.05) is 22.2 Å². The Labute approximate surface area is 166 Å². The number of benzene rings is 2. The molecule has 0 saturated heterocycles. The Balaban J connectivity index is 2.08. The van der Waals surface area contributed by atoms with Crippen LogP contribution in [-0.2, 0) is 0 Å². The molecule has 0 unspecified atom stereocenters. The largest absolute Gasteiger partial charge is 0.490 e. The zero-order chi connectivity index (χ0) is 19.6. The predicted molar refractivity (Wildman–Crippen MR) is 104 cm³/mol. The first-order valence-electron chi connectivity index (χ1n) is 8.35. The fraction of sp³-hybridized carbons (Fsp3) is 0.263. The van der Waals surface area contributed by atoms with Crippen LogP contribution in [0.1, 0.15) is 31.1 Å². The van der Waals surface area contributed by atoms with Crippen molar-refractivity contribution in [2.45, 2.75) is 20.0 Å². The van der Waals surface area contributed by atoms with Crippen LogP contribution >= 0.6 is 23.2 Å². The maximum Gasteiger partial charge on any atom is 0.291 e. The molecule has 2 aromatic carbocycles. The monoisotopic (exact) mass is 409 g/mol. The van der Waals surface area contributed by atoms with Crippen LogP contribution in [-0.4, -0.2) is 18.1 Å². The Bertz CT molecular complexity index is 913. The van der Waals surface area contributed by atoms with Gasteiger partial charge >= 0.3 is 0 Å². The lowest BCUT2D eigenvalue weighted by Gasteiger charge is -2.24. The SMILES string of the molecule is CCOc1ccc([C@H]2Oc3c(Cl)cc(Cl)cc3C=C2[N+](=O)[O-])cc1OCC. The van der Waals surface area contributed by atoms with Crippen LogP contribution in [0.5, 0.6) is 17.2 Å². The van der Waals surface area contributed by atoms with Crippen molar-refractivity contribution in [3.05, 3.63) is 67.3 Å². The van der Waals surface area contributed by atoms with E-state index in [-0.39, 0.29) is 10.7 Å². The molecule has 0 bridgehead atoms. The van der Waals surface area contributed by atoms with Gasteiger partial charge in [-0.25, -0.2) is 0 Å². The third kappa shape index (κ3) is 3.96. The molecule has 8 heteroatoms. The second-order valence-corrected chi connectivity index (χ2v) is 6.55. The van der Waals surface area contributed by atoms with E-state index >= 15 is 0 Å². The number of halogens is 2. The molecular weight excluding hydrogens is 393 g/mol. The molecular formula is C19H17Cl2NO5. The molecule has 27 heavy (non-hydrogen) atoms. The van der Waals surface area contributed by atoms with E-state index in [0.717, 1.165) is 0 Å². The summed E-state index contributed by atoms with van der Waals surface area (Å²) in [4.78, 5) is 11.2. The molecule has 0 radical (unpaired) electrons. The minimum absolute atomic E-state index is 0.118. The summed E-state index contributed by atoms with van der Waals surface area (Å²) >= 11 is 12.2. The lowest BCUT2D eigenvalue weighted by atomic mass is 10.0. The normalized spacial score (nSPS) is 15.4. The van der Waals surface area contributed by atoms with Gasteiger partial charge in [-0.15, -0.1) is 0 Å². The summed E-state index contributed by atoms with van der Waals surface area (Å²) < 4.78 is 17.1. The Morgan fingerprint density at radius 3 is 2.48 bits per heavy atom. The van der Waals surface area contributed by atoms with Crippen molar-refractivity contribution in [2.75, 3.05) is 13.2 Å². The highest BCUT2D eigenvalue weighted by Crippen LogP contribution is 2.44. The van der Waals surface area contributed by atoms with E-state index in [1.54, 1.807) is 24.3 Å². The zero-order valence-corrected chi connectivity index (χ0v) is 16.2. The van der Waals surface area contributed by atoms with Crippen LogP contribution in [0.2, 0.25) is 10.0 Å². The average molecular weight is 410 g/mol. The molecule has 0 amide bonds. The van der Waals surface area contributed by atoms with Gasteiger partial charge in [-0.3, -0.25) is 10.1 Å². The van der Waals surface area contributed by atoms with Gasteiger partial charge in [0.2, 0.25) is 6.10 Å². The van der Waals surface area contributed by atoms with E-state index in [1.165, 1.54) is 12.1 Å². The van der Waals surface area contributed by atoms with Crippen molar-refractivity contribution in [1.29, 1.82) is 0 Å². The minimum atomic E-state index is -0.943. The second-order valence-electron chi connectivity index (χ2n) is 5.70. The highest BCUT2D eigenvalue weighted by Gasteiger charge is 2.35. The van der Waals surface area contributed by atoms with Gasteiger partial charge in [-0.2, -0.15) is 0 Å². The Morgan fingerprint density at radius 2 is 1.81 bits per heavy atom. The van der Waals surface area contributed by atoms with Crippen LogP contribution in [0.3, 0.4) is 0 Å². The van der Waals surface area contributed by atoms with Gasteiger partial charge in [0.05, 0.1) is 23.2 Å². The number of nitro groups is 1. The first kappa shape index (κ1) is 19.3. The lowest BCUT2D eigenvalue weighted by molar-refractivity contribution is -0.434. The van der Waals surface area contributed by atoms with Crippen molar-refractivity contribution in [1.82, 2.24) is 0 Å². The Kier molecular flexibility index (Phi) is 5.77. The van der Waals surface area contributed by atoms with Crippen LogP contribution < -0.4 is 14.2 Å². The van der Waals surface area contributed by atoms with Gasteiger partial charge in [0.25, 0.3) is 5.70 Å². The quantitative estimate of drug-likeness (QED) is 0.462. The maximum atomic E-state index is 11.6. The fourth-order valence-corrected chi connectivity index (χ4v) is 3.40. The first-order chi connectivity index (χ1) is 12.9. The smallest absolute Gasteiger partial charge is 0.291 e. The first-order valence-corrected chi connectivity index (χ1v) is 9.11. The van der Waals surface area contributed by atoms with Gasteiger partial charge < -0.3 is 14.2 Å². The highest BCUT2D eigenvalue weighted by molar-refractivity contribution is 6.36. The Morgan fingerprint density at radius 1 is 1.11 bits per heavy atom. The molecule has 0 aliphatic carbocycles. The van der Waals surface area contributed by atoms with E-state index in [2.05, 4.69) is 0 Å². The number of hydrogen-bond acceptors (Lipinski definition) is 5. The topological polar surface area (TPSA) is 70.8 Å². The molecule has 3 rings (SSSR count). The van der Waals surface area contributed by atoms with Crippen LogP contribution in [0.4, 0.5) is 0 Å². The van der Waals surface area contributed by atoms with E-state index in [0.29, 0.717) is 46.6 Å². The molecule has 2 aromatic rings. The maximum absolute atomic E-state index is 11.6. The molecule has 1 atom stereocenters. The summed E-state index contributed by atoms with van der Waals surface area (Å²) in [6.45, 7) is 4.62. The fourth-order valence-electron chi connectivity index (χ4n) is 2.84.